The van der Waals surface area contributed by atoms with E-state index >= 15 is 0 Å². The van der Waals surface area contributed by atoms with Gasteiger partial charge in [-0.1, -0.05) is 24.4 Å². The van der Waals surface area contributed by atoms with Gasteiger partial charge in [0, 0.05) is 18.7 Å². The number of amides is 1. The highest BCUT2D eigenvalue weighted by Gasteiger charge is 2.36. The molecule has 1 saturated heterocycles. The van der Waals surface area contributed by atoms with Crippen LogP contribution in [0.4, 0.5) is 0 Å². The summed E-state index contributed by atoms with van der Waals surface area (Å²) in [5, 5.41) is 3.87. The van der Waals surface area contributed by atoms with Gasteiger partial charge in [-0.3, -0.25) is 4.79 Å². The second-order valence-electron chi connectivity index (χ2n) is 5.93. The molecule has 1 aliphatic heterocycles. The maximum absolute atomic E-state index is 12.5. The molecule has 1 aliphatic carbocycles. The van der Waals surface area contributed by atoms with Crippen LogP contribution in [0.3, 0.4) is 0 Å². The number of rotatable bonds is 2. The lowest BCUT2D eigenvalue weighted by Gasteiger charge is -2.33. The van der Waals surface area contributed by atoms with Crippen LogP contribution in [0.5, 0.6) is 0 Å². The van der Waals surface area contributed by atoms with E-state index in [1.165, 1.54) is 32.1 Å². The fourth-order valence-electron chi connectivity index (χ4n) is 3.67. The summed E-state index contributed by atoms with van der Waals surface area (Å²) in [5.74, 6) is 1.47. The number of carbonyl (C=O) groups is 1. The minimum Gasteiger partial charge on any atom is -0.361 e. The molecule has 1 amide bonds. The van der Waals surface area contributed by atoms with E-state index in [0.717, 1.165) is 19.4 Å². The Kier molecular flexibility index (Phi) is 3.58. The predicted octanol–water partition coefficient (Wildman–Crippen LogP) is 3.17. The van der Waals surface area contributed by atoms with Crippen molar-refractivity contribution in [3.63, 3.8) is 0 Å². The van der Waals surface area contributed by atoms with Crippen molar-refractivity contribution in [2.24, 2.45) is 5.92 Å². The monoisotopic (exact) mass is 262 g/mol. The highest BCUT2D eigenvalue weighted by atomic mass is 16.5. The second kappa shape index (κ2) is 5.35. The van der Waals surface area contributed by atoms with Gasteiger partial charge in [-0.15, -0.1) is 0 Å². The number of carbonyl (C=O) groups excluding carboxylic acids is 1. The van der Waals surface area contributed by atoms with Gasteiger partial charge >= 0.3 is 0 Å². The van der Waals surface area contributed by atoms with Crippen LogP contribution < -0.4 is 0 Å². The molecule has 4 nitrogen and oxygen atoms in total. The quantitative estimate of drug-likeness (QED) is 0.822. The van der Waals surface area contributed by atoms with Gasteiger partial charge in [-0.2, -0.15) is 0 Å². The zero-order chi connectivity index (χ0) is 13.2. The molecule has 2 aliphatic rings. The molecular weight excluding hydrogens is 240 g/mol. The minimum atomic E-state index is 0.0601. The Bertz CT molecular complexity index is 449. The number of nitrogens with zero attached hydrogens (tertiary/aromatic N) is 2. The molecule has 0 N–H and O–H groups in total. The number of hydrogen-bond donors (Lipinski definition) is 0. The first-order valence-electron chi connectivity index (χ1n) is 7.50. The first-order chi connectivity index (χ1) is 9.25. The third-order valence-electron chi connectivity index (χ3n) is 4.60. The lowest BCUT2D eigenvalue weighted by molar-refractivity contribution is 0.0651. The summed E-state index contributed by atoms with van der Waals surface area (Å²) in [7, 11) is 0. The summed E-state index contributed by atoms with van der Waals surface area (Å²) >= 11 is 0. The van der Waals surface area contributed by atoms with Crippen LogP contribution >= 0.6 is 0 Å². The summed E-state index contributed by atoms with van der Waals surface area (Å²) in [6.07, 6.45) is 8.87. The number of hydrogen-bond acceptors (Lipinski definition) is 3. The van der Waals surface area contributed by atoms with Gasteiger partial charge in [-0.25, -0.2) is 0 Å². The molecule has 19 heavy (non-hydrogen) atoms. The Morgan fingerprint density at radius 2 is 2.05 bits per heavy atom. The van der Waals surface area contributed by atoms with Crippen LogP contribution in [0.1, 0.15) is 61.2 Å². The smallest absolute Gasteiger partial charge is 0.276 e. The molecule has 2 heterocycles. The molecule has 1 saturated carbocycles. The maximum Gasteiger partial charge on any atom is 0.276 e. The topological polar surface area (TPSA) is 46.3 Å². The highest BCUT2D eigenvalue weighted by molar-refractivity contribution is 5.92. The summed E-state index contributed by atoms with van der Waals surface area (Å²) in [5.41, 5.74) is 0.472. The lowest BCUT2D eigenvalue weighted by atomic mass is 9.83. The summed E-state index contributed by atoms with van der Waals surface area (Å²) in [6, 6.07) is 2.18. The number of likely N-dealkylation sites (tertiary alicyclic amines) is 1. The molecule has 0 aromatic carbocycles. The first-order valence-corrected chi connectivity index (χ1v) is 7.50. The zero-order valence-corrected chi connectivity index (χ0v) is 11.6. The van der Waals surface area contributed by atoms with Crippen LogP contribution in [0, 0.1) is 12.8 Å². The van der Waals surface area contributed by atoms with Crippen molar-refractivity contribution in [2.75, 3.05) is 6.54 Å². The van der Waals surface area contributed by atoms with Crippen molar-refractivity contribution in [1.82, 2.24) is 10.1 Å². The van der Waals surface area contributed by atoms with Gasteiger partial charge in [0.05, 0.1) is 0 Å². The highest BCUT2D eigenvalue weighted by Crippen LogP contribution is 2.34. The van der Waals surface area contributed by atoms with E-state index < -0.39 is 0 Å². The van der Waals surface area contributed by atoms with Crippen LogP contribution in [0.2, 0.25) is 0 Å². The van der Waals surface area contributed by atoms with E-state index in [-0.39, 0.29) is 5.91 Å². The van der Waals surface area contributed by atoms with E-state index in [4.69, 9.17) is 4.52 Å². The fraction of sp³-hybridized carbons (Fsp3) is 0.733. The van der Waals surface area contributed by atoms with Crippen LogP contribution in [-0.4, -0.2) is 28.6 Å². The van der Waals surface area contributed by atoms with Crippen molar-refractivity contribution < 1.29 is 9.32 Å². The van der Waals surface area contributed by atoms with E-state index in [2.05, 4.69) is 5.16 Å². The van der Waals surface area contributed by atoms with Crippen molar-refractivity contribution in [3.8, 4) is 0 Å². The van der Waals surface area contributed by atoms with Crippen molar-refractivity contribution in [2.45, 2.75) is 57.9 Å². The molecular formula is C15H22N2O2. The third-order valence-corrected chi connectivity index (χ3v) is 4.60. The van der Waals surface area contributed by atoms with Gasteiger partial charge < -0.3 is 9.42 Å². The molecule has 1 aromatic heterocycles. The van der Waals surface area contributed by atoms with Gasteiger partial charge in [0.2, 0.25) is 0 Å². The molecule has 0 radical (unpaired) electrons. The Balaban J connectivity index is 1.73. The summed E-state index contributed by atoms with van der Waals surface area (Å²) in [4.78, 5) is 14.6. The maximum atomic E-state index is 12.5. The van der Waals surface area contributed by atoms with Crippen LogP contribution in [0.25, 0.3) is 0 Å². The molecule has 0 unspecified atom stereocenters. The van der Waals surface area contributed by atoms with Gasteiger partial charge in [-0.05, 0) is 38.5 Å². The van der Waals surface area contributed by atoms with Crippen molar-refractivity contribution in [3.05, 3.63) is 17.5 Å². The zero-order valence-electron chi connectivity index (χ0n) is 11.6. The molecule has 1 atom stereocenters. The summed E-state index contributed by atoms with van der Waals surface area (Å²) in [6.45, 7) is 2.71. The Hall–Kier alpha value is -1.32. The molecule has 4 heteroatoms. The molecule has 0 spiro atoms. The van der Waals surface area contributed by atoms with Crippen LogP contribution in [0.15, 0.2) is 10.6 Å². The van der Waals surface area contributed by atoms with E-state index in [1.807, 2.05) is 11.8 Å². The fourth-order valence-corrected chi connectivity index (χ4v) is 3.67. The van der Waals surface area contributed by atoms with Gasteiger partial charge in [0.15, 0.2) is 5.69 Å². The van der Waals surface area contributed by atoms with E-state index in [9.17, 15) is 4.79 Å². The molecule has 1 aromatic rings. The standard InChI is InChI=1S/C15H22N2O2/c1-11-10-13(16-19-11)15(18)17-9-5-8-14(17)12-6-3-2-4-7-12/h10,12,14H,2-9H2,1H3/t14-/m1/s1. The number of aryl methyl sites for hydroxylation is 1. The van der Waals surface area contributed by atoms with Crippen molar-refractivity contribution in [1.29, 1.82) is 0 Å². The van der Waals surface area contributed by atoms with Crippen molar-refractivity contribution >= 4 is 5.91 Å². The minimum absolute atomic E-state index is 0.0601. The Labute approximate surface area is 114 Å². The predicted molar refractivity (Wildman–Crippen MR) is 71.9 cm³/mol. The average molecular weight is 262 g/mol. The Morgan fingerprint density at radius 1 is 1.26 bits per heavy atom. The summed E-state index contributed by atoms with van der Waals surface area (Å²) < 4.78 is 5.03. The molecule has 2 fully saturated rings. The van der Waals surface area contributed by atoms with E-state index in [1.54, 1.807) is 6.07 Å². The van der Waals surface area contributed by atoms with E-state index in [0.29, 0.717) is 23.4 Å². The average Bonchev–Trinajstić information content (AvgIpc) is 3.07. The molecule has 0 bridgehead atoms. The van der Waals surface area contributed by atoms with Gasteiger partial charge in [0.25, 0.3) is 5.91 Å². The molecule has 3 rings (SSSR count). The number of aromatic nitrogens is 1. The normalized spacial score (nSPS) is 24.9. The molecule has 104 valence electrons. The second-order valence-corrected chi connectivity index (χ2v) is 5.93. The largest absolute Gasteiger partial charge is 0.361 e. The van der Waals surface area contributed by atoms with Crippen LogP contribution in [-0.2, 0) is 0 Å². The third kappa shape index (κ3) is 2.53. The lowest BCUT2D eigenvalue weighted by Crippen LogP contribution is -2.40. The first kappa shape index (κ1) is 12.7. The van der Waals surface area contributed by atoms with Gasteiger partial charge in [0.1, 0.15) is 5.76 Å². The SMILES string of the molecule is Cc1cc(C(=O)N2CCC[C@@H]2C2CCCCC2)no1. The Morgan fingerprint density at radius 3 is 2.74 bits per heavy atom.